The van der Waals surface area contributed by atoms with E-state index in [1.165, 1.54) is 35.5 Å². The molecule has 0 bridgehead atoms. The number of ketones is 1. The number of nitrogens with zero attached hydrogens (tertiary/aromatic N) is 1. The summed E-state index contributed by atoms with van der Waals surface area (Å²) >= 11 is 12.3. The van der Waals surface area contributed by atoms with Crippen LogP contribution in [-0.2, 0) is 30.7 Å². The van der Waals surface area contributed by atoms with Gasteiger partial charge in [-0.3, -0.25) is 9.59 Å². The molecule has 4 aromatic rings. The molecule has 16 heteroatoms. The number of primary amides is 1. The van der Waals surface area contributed by atoms with Crippen molar-refractivity contribution in [2.24, 2.45) is 11.7 Å². The molecule has 1 saturated heterocycles. The van der Waals surface area contributed by atoms with Crippen LogP contribution < -0.4 is 22.1 Å². The maximum Gasteiger partial charge on any atom is 0.407 e. The molecule has 2 amide bonds. The van der Waals surface area contributed by atoms with Crippen molar-refractivity contribution in [3.8, 4) is 0 Å². The third kappa shape index (κ3) is 13.2. The minimum absolute atomic E-state index is 0.0126. The van der Waals surface area contributed by atoms with Gasteiger partial charge in [0.05, 0.1) is 30.3 Å². The van der Waals surface area contributed by atoms with Crippen LogP contribution >= 0.6 is 23.2 Å². The van der Waals surface area contributed by atoms with Crippen molar-refractivity contribution in [1.82, 2.24) is 9.62 Å². The number of hydrogen-bond acceptors (Lipinski definition) is 10. The molecule has 4 atom stereocenters. The number of nitrogen functional groups attached to an aromatic ring is 1. The Morgan fingerprint density at radius 1 is 0.966 bits per heavy atom. The van der Waals surface area contributed by atoms with E-state index in [0.29, 0.717) is 58.6 Å². The second kappa shape index (κ2) is 21.3. The zero-order valence-corrected chi connectivity index (χ0v) is 35.2. The highest BCUT2D eigenvalue weighted by Crippen LogP contribution is 2.33. The third-order valence-electron chi connectivity index (χ3n) is 9.13. The predicted octanol–water partition coefficient (Wildman–Crippen LogP) is 6.55. The number of alkyl carbamates (subject to hydrolysis) is 1. The Bertz CT molecular complexity index is 2100. The molecule has 0 aliphatic carbocycles. The molecule has 58 heavy (non-hydrogen) atoms. The van der Waals surface area contributed by atoms with Crippen LogP contribution in [0.1, 0.15) is 60.3 Å². The number of Topliss-reactive ketones (excluding diaryl/α,β-unsaturated/α-hetero) is 1. The number of carbonyl (C=O) groups is 3. The van der Waals surface area contributed by atoms with E-state index < -0.39 is 40.2 Å². The van der Waals surface area contributed by atoms with E-state index in [1.54, 1.807) is 30.3 Å². The standard InChI is InChI=1S/C25H35N3O6S.C17H16Cl2N2O2/c1-18(2)15-28(35(31,32)22-10-8-20(26)9-11-22)16-24(29)23(14-19-6-4-3-5-7-19)27-25(30)34-21-12-13-33-17-21;1-9-6-7-11(10(2)22)14(8-9)21-16(17(20)23)15-12(18)4-3-5-13(15)19/h3-11,18,21,23-24,29H,12-17,26H2,1-2H3,(H,27,30);3-8,16,21H,1-2H3,(H2,20,23)/t21-,23-,24+;/m0./s1. The first kappa shape index (κ1) is 46.0. The van der Waals surface area contributed by atoms with Crippen molar-refractivity contribution >= 4 is 62.4 Å². The molecule has 0 radical (unpaired) electrons. The number of anilines is 2. The van der Waals surface area contributed by atoms with Gasteiger partial charge >= 0.3 is 6.09 Å². The number of halogens is 2. The predicted molar refractivity (Wildman–Crippen MR) is 226 cm³/mol. The minimum Gasteiger partial charge on any atom is -0.444 e. The second-order valence-electron chi connectivity index (χ2n) is 14.4. The number of nitrogens with two attached hydrogens (primary N) is 2. The van der Waals surface area contributed by atoms with E-state index in [-0.39, 0.29) is 35.8 Å². The summed E-state index contributed by atoms with van der Waals surface area (Å²) in [6, 6.07) is 23.8. The van der Waals surface area contributed by atoms with E-state index in [0.717, 1.165) is 11.1 Å². The number of aliphatic hydroxyl groups excluding tert-OH is 1. The number of hydrogen-bond donors (Lipinski definition) is 5. The molecular formula is C42H51Cl2N5O8S. The Morgan fingerprint density at radius 2 is 1.62 bits per heavy atom. The van der Waals surface area contributed by atoms with Crippen molar-refractivity contribution < 1.29 is 37.4 Å². The molecule has 7 N–H and O–H groups in total. The fourth-order valence-corrected chi connectivity index (χ4v) is 8.45. The summed E-state index contributed by atoms with van der Waals surface area (Å²) < 4.78 is 38.7. The molecule has 0 spiro atoms. The molecule has 13 nitrogen and oxygen atoms in total. The molecular weight excluding hydrogens is 805 g/mol. The highest BCUT2D eigenvalue weighted by Gasteiger charge is 2.32. The van der Waals surface area contributed by atoms with Gasteiger partial charge < -0.3 is 36.7 Å². The lowest BCUT2D eigenvalue weighted by atomic mass is 10.0. The highest BCUT2D eigenvalue weighted by atomic mass is 35.5. The van der Waals surface area contributed by atoms with Gasteiger partial charge in [0.2, 0.25) is 15.9 Å². The SMILES string of the molecule is CC(=O)c1ccc(C)cc1NC(C(N)=O)c1c(Cl)cccc1Cl.CC(C)CN(C[C@@H](O)[C@H](Cc1ccccc1)NC(=O)O[C@H]1CCOC1)S(=O)(=O)c1ccc(N)cc1. The first-order valence-electron chi connectivity index (χ1n) is 18.7. The maximum absolute atomic E-state index is 13.4. The fraction of sp³-hybridized carbons (Fsp3) is 0.357. The van der Waals surface area contributed by atoms with Gasteiger partial charge in [-0.15, -0.1) is 0 Å². The second-order valence-corrected chi connectivity index (χ2v) is 17.2. The van der Waals surface area contributed by atoms with Crippen molar-refractivity contribution in [3.05, 3.63) is 123 Å². The number of sulfonamides is 1. The molecule has 5 rings (SSSR count). The van der Waals surface area contributed by atoms with Gasteiger partial charge in [-0.05, 0) is 85.8 Å². The number of aliphatic hydroxyl groups is 1. The molecule has 1 aliphatic heterocycles. The Labute approximate surface area is 350 Å². The number of amides is 2. The summed E-state index contributed by atoms with van der Waals surface area (Å²) in [5.41, 5.74) is 14.9. The Balaban J connectivity index is 0.000000280. The fourth-order valence-electron chi connectivity index (χ4n) is 6.21. The highest BCUT2D eigenvalue weighted by molar-refractivity contribution is 7.89. The lowest BCUT2D eigenvalue weighted by molar-refractivity contribution is -0.118. The largest absolute Gasteiger partial charge is 0.444 e. The normalized spacial score (nSPS) is 15.5. The number of rotatable bonds is 16. The van der Waals surface area contributed by atoms with Crippen molar-refractivity contribution in [2.45, 2.75) is 69.7 Å². The number of carbonyl (C=O) groups excluding carboxylic acids is 3. The average Bonchev–Trinajstić information content (AvgIpc) is 3.67. The van der Waals surface area contributed by atoms with Gasteiger partial charge in [0.15, 0.2) is 5.78 Å². The average molecular weight is 857 g/mol. The van der Waals surface area contributed by atoms with E-state index in [9.17, 15) is 27.9 Å². The molecule has 0 aromatic heterocycles. The van der Waals surface area contributed by atoms with Crippen LogP contribution in [-0.4, -0.2) is 80.2 Å². The smallest absolute Gasteiger partial charge is 0.407 e. The molecule has 4 aromatic carbocycles. The molecule has 1 fully saturated rings. The summed E-state index contributed by atoms with van der Waals surface area (Å²) in [7, 11) is -3.90. The molecule has 312 valence electrons. The quantitative estimate of drug-likeness (QED) is 0.0608. The monoisotopic (exact) mass is 855 g/mol. The van der Waals surface area contributed by atoms with E-state index >= 15 is 0 Å². The lowest BCUT2D eigenvalue weighted by Gasteiger charge is -2.30. The van der Waals surface area contributed by atoms with Gasteiger partial charge in [0.1, 0.15) is 12.1 Å². The topological polar surface area (TPSA) is 203 Å². The van der Waals surface area contributed by atoms with Crippen LogP contribution in [0, 0.1) is 12.8 Å². The number of aryl methyl sites for hydroxylation is 1. The van der Waals surface area contributed by atoms with Gasteiger partial charge in [-0.2, -0.15) is 4.31 Å². The molecule has 1 unspecified atom stereocenters. The van der Waals surface area contributed by atoms with E-state index in [1.807, 2.05) is 57.2 Å². The first-order chi connectivity index (χ1) is 27.5. The molecule has 1 heterocycles. The van der Waals surface area contributed by atoms with Gasteiger partial charge in [-0.25, -0.2) is 13.2 Å². The molecule has 1 aliphatic rings. The van der Waals surface area contributed by atoms with Crippen LogP contribution in [0.15, 0.2) is 95.9 Å². The van der Waals surface area contributed by atoms with Crippen molar-refractivity contribution in [1.29, 1.82) is 0 Å². The van der Waals surface area contributed by atoms with Crippen LogP contribution in [0.3, 0.4) is 0 Å². The Hall–Kier alpha value is -4.70. The summed E-state index contributed by atoms with van der Waals surface area (Å²) in [4.78, 5) is 36.4. The summed E-state index contributed by atoms with van der Waals surface area (Å²) in [5, 5.41) is 17.6. The van der Waals surface area contributed by atoms with Crippen LogP contribution in [0.25, 0.3) is 0 Å². The number of nitrogens with one attached hydrogen (secondary N) is 2. The van der Waals surface area contributed by atoms with Crippen molar-refractivity contribution in [2.75, 3.05) is 37.4 Å². The summed E-state index contributed by atoms with van der Waals surface area (Å²) in [6.45, 7) is 8.01. The van der Waals surface area contributed by atoms with Crippen LogP contribution in [0.2, 0.25) is 10.0 Å². The Kier molecular flexibility index (Phi) is 16.9. The van der Waals surface area contributed by atoms with Crippen LogP contribution in [0.4, 0.5) is 16.2 Å². The first-order valence-corrected chi connectivity index (χ1v) is 20.9. The third-order valence-corrected chi connectivity index (χ3v) is 11.6. The van der Waals surface area contributed by atoms with Gasteiger partial charge in [-0.1, -0.05) is 79.5 Å². The van der Waals surface area contributed by atoms with Crippen LogP contribution in [0.5, 0.6) is 0 Å². The van der Waals surface area contributed by atoms with Gasteiger partial charge in [0.25, 0.3) is 0 Å². The number of ether oxygens (including phenoxy) is 2. The maximum atomic E-state index is 13.4. The van der Waals surface area contributed by atoms with Gasteiger partial charge in [0, 0.05) is 52.1 Å². The van der Waals surface area contributed by atoms with Crippen molar-refractivity contribution in [3.63, 3.8) is 0 Å². The number of benzene rings is 4. The minimum atomic E-state index is -3.90. The lowest BCUT2D eigenvalue weighted by Crippen LogP contribution is -2.51. The Morgan fingerprint density at radius 3 is 2.19 bits per heavy atom. The summed E-state index contributed by atoms with van der Waals surface area (Å²) in [6.07, 6.45) is -1.29. The zero-order chi connectivity index (χ0) is 42.6. The van der Waals surface area contributed by atoms with E-state index in [2.05, 4.69) is 10.6 Å². The zero-order valence-electron chi connectivity index (χ0n) is 32.9. The van der Waals surface area contributed by atoms with E-state index in [4.69, 9.17) is 44.1 Å². The molecule has 0 saturated carbocycles. The summed E-state index contributed by atoms with van der Waals surface area (Å²) in [5.74, 6) is -0.754.